The number of amides is 2. The largest absolute Gasteiger partial charge is 0.497 e. The first-order valence-corrected chi connectivity index (χ1v) is 7.51. The molecule has 1 saturated carbocycles. The Labute approximate surface area is 134 Å². The summed E-state index contributed by atoms with van der Waals surface area (Å²) in [6.45, 7) is 0.633. The summed E-state index contributed by atoms with van der Waals surface area (Å²) in [5.74, 6) is 1.90. The van der Waals surface area contributed by atoms with Crippen molar-refractivity contribution in [3.05, 3.63) is 42.0 Å². The molecular formula is C16H19N5O2. The Kier molecular flexibility index (Phi) is 4.56. The lowest BCUT2D eigenvalue weighted by atomic mass is 10.2. The van der Waals surface area contributed by atoms with Crippen LogP contribution in [-0.4, -0.2) is 29.4 Å². The van der Waals surface area contributed by atoms with Crippen LogP contribution in [0.25, 0.3) is 0 Å². The summed E-state index contributed by atoms with van der Waals surface area (Å²) in [5, 5.41) is 16.7. The predicted molar refractivity (Wildman–Crippen MR) is 87.5 cm³/mol. The van der Waals surface area contributed by atoms with E-state index in [1.807, 2.05) is 24.3 Å². The van der Waals surface area contributed by atoms with Gasteiger partial charge in [0.25, 0.3) is 0 Å². The summed E-state index contributed by atoms with van der Waals surface area (Å²) in [6, 6.07) is 11.4. The standard InChI is InChI=1S/C16H19N5O2/c1-23-13-6-2-11(3-7-13)10-17-14-8-9-15(21-20-14)19-16(22)18-12-4-5-12/h2-3,6-9,12H,4-5,10H2,1H3,(H,17,20)(H2,18,19,21,22). The molecule has 7 heteroatoms. The van der Waals surface area contributed by atoms with E-state index < -0.39 is 0 Å². The molecule has 0 unspecified atom stereocenters. The van der Waals surface area contributed by atoms with Gasteiger partial charge in [-0.25, -0.2) is 4.79 Å². The van der Waals surface area contributed by atoms with Gasteiger partial charge in [0.05, 0.1) is 7.11 Å². The highest BCUT2D eigenvalue weighted by molar-refractivity contribution is 5.88. The van der Waals surface area contributed by atoms with E-state index in [-0.39, 0.29) is 6.03 Å². The minimum absolute atomic E-state index is 0.235. The van der Waals surface area contributed by atoms with Gasteiger partial charge in [-0.3, -0.25) is 5.32 Å². The molecular weight excluding hydrogens is 294 g/mol. The number of anilines is 2. The number of ether oxygens (including phenoxy) is 1. The van der Waals surface area contributed by atoms with Crippen LogP contribution in [0.15, 0.2) is 36.4 Å². The number of benzene rings is 1. The molecule has 2 amide bonds. The highest BCUT2D eigenvalue weighted by Crippen LogP contribution is 2.18. The Morgan fingerprint density at radius 1 is 1.13 bits per heavy atom. The van der Waals surface area contributed by atoms with Gasteiger partial charge in [0.15, 0.2) is 5.82 Å². The van der Waals surface area contributed by atoms with Gasteiger partial charge >= 0.3 is 6.03 Å². The molecule has 120 valence electrons. The number of methoxy groups -OCH3 is 1. The number of nitrogens with one attached hydrogen (secondary N) is 3. The summed E-state index contributed by atoms with van der Waals surface area (Å²) in [4.78, 5) is 11.6. The summed E-state index contributed by atoms with van der Waals surface area (Å²) in [7, 11) is 1.64. The first kappa shape index (κ1) is 15.1. The predicted octanol–water partition coefficient (Wildman–Crippen LogP) is 2.38. The molecule has 2 aromatic rings. The van der Waals surface area contributed by atoms with Crippen LogP contribution in [0.4, 0.5) is 16.4 Å². The fourth-order valence-electron chi connectivity index (χ4n) is 1.99. The number of aromatic nitrogens is 2. The van der Waals surface area contributed by atoms with Crippen molar-refractivity contribution in [2.45, 2.75) is 25.4 Å². The van der Waals surface area contributed by atoms with Crippen molar-refractivity contribution in [2.24, 2.45) is 0 Å². The minimum Gasteiger partial charge on any atom is -0.497 e. The van der Waals surface area contributed by atoms with Crippen LogP contribution in [0, 0.1) is 0 Å². The minimum atomic E-state index is -0.235. The lowest BCUT2D eigenvalue weighted by Crippen LogP contribution is -2.30. The van der Waals surface area contributed by atoms with Crippen molar-refractivity contribution in [2.75, 3.05) is 17.7 Å². The molecule has 1 fully saturated rings. The van der Waals surface area contributed by atoms with E-state index in [0.717, 1.165) is 24.2 Å². The van der Waals surface area contributed by atoms with Crippen molar-refractivity contribution in [3.63, 3.8) is 0 Å². The van der Waals surface area contributed by atoms with Gasteiger partial charge in [0, 0.05) is 12.6 Å². The van der Waals surface area contributed by atoms with Gasteiger partial charge in [-0.05, 0) is 42.7 Å². The van der Waals surface area contributed by atoms with Gasteiger partial charge < -0.3 is 15.4 Å². The third kappa shape index (κ3) is 4.57. The average molecular weight is 313 g/mol. The van der Waals surface area contributed by atoms with Gasteiger partial charge in [0.1, 0.15) is 11.6 Å². The van der Waals surface area contributed by atoms with Gasteiger partial charge in [0.2, 0.25) is 0 Å². The topological polar surface area (TPSA) is 88.2 Å². The van der Waals surface area contributed by atoms with E-state index >= 15 is 0 Å². The molecule has 23 heavy (non-hydrogen) atoms. The number of nitrogens with zero attached hydrogens (tertiary/aromatic N) is 2. The second-order valence-corrected chi connectivity index (χ2v) is 5.38. The van der Waals surface area contributed by atoms with E-state index in [9.17, 15) is 4.79 Å². The maximum absolute atomic E-state index is 11.6. The molecule has 0 spiro atoms. The second kappa shape index (κ2) is 6.95. The molecule has 7 nitrogen and oxygen atoms in total. The quantitative estimate of drug-likeness (QED) is 0.762. The van der Waals surface area contributed by atoms with E-state index in [4.69, 9.17) is 4.74 Å². The highest BCUT2D eigenvalue weighted by atomic mass is 16.5. The molecule has 1 aromatic heterocycles. The fourth-order valence-corrected chi connectivity index (χ4v) is 1.99. The molecule has 0 aliphatic heterocycles. The summed E-state index contributed by atoms with van der Waals surface area (Å²) in [6.07, 6.45) is 2.10. The molecule has 1 aliphatic rings. The van der Waals surface area contributed by atoms with Crippen molar-refractivity contribution in [3.8, 4) is 5.75 Å². The Morgan fingerprint density at radius 3 is 2.43 bits per heavy atom. The van der Waals surface area contributed by atoms with Crippen molar-refractivity contribution in [1.82, 2.24) is 15.5 Å². The summed E-state index contributed by atoms with van der Waals surface area (Å²) >= 11 is 0. The Bertz CT molecular complexity index is 653. The Balaban J connectivity index is 1.49. The van der Waals surface area contributed by atoms with Crippen molar-refractivity contribution in [1.29, 1.82) is 0 Å². The monoisotopic (exact) mass is 313 g/mol. The van der Waals surface area contributed by atoms with Gasteiger partial charge in [-0.1, -0.05) is 12.1 Å². The summed E-state index contributed by atoms with van der Waals surface area (Å²) in [5.41, 5.74) is 1.11. The maximum Gasteiger partial charge on any atom is 0.320 e. The number of carbonyl (C=O) groups excluding carboxylic acids is 1. The first-order chi connectivity index (χ1) is 11.2. The van der Waals surface area contributed by atoms with E-state index in [2.05, 4.69) is 26.1 Å². The molecule has 3 N–H and O–H groups in total. The van der Waals surface area contributed by atoms with Crippen LogP contribution in [0.2, 0.25) is 0 Å². The lowest BCUT2D eigenvalue weighted by molar-refractivity contribution is 0.251. The molecule has 0 saturated heterocycles. The number of urea groups is 1. The Morgan fingerprint density at radius 2 is 1.83 bits per heavy atom. The van der Waals surface area contributed by atoms with Gasteiger partial charge in [-0.2, -0.15) is 0 Å². The van der Waals surface area contributed by atoms with Crippen LogP contribution < -0.4 is 20.7 Å². The Hall–Kier alpha value is -2.83. The van der Waals surface area contributed by atoms with Crippen molar-refractivity contribution < 1.29 is 9.53 Å². The zero-order chi connectivity index (χ0) is 16.1. The smallest absolute Gasteiger partial charge is 0.320 e. The zero-order valence-electron chi connectivity index (χ0n) is 12.9. The maximum atomic E-state index is 11.6. The SMILES string of the molecule is COc1ccc(CNc2ccc(NC(=O)NC3CC3)nn2)cc1. The van der Waals surface area contributed by atoms with Crippen molar-refractivity contribution >= 4 is 17.7 Å². The molecule has 0 bridgehead atoms. The third-order valence-electron chi connectivity index (χ3n) is 3.45. The van der Waals surface area contributed by atoms with E-state index in [1.54, 1.807) is 19.2 Å². The molecule has 3 rings (SSSR count). The molecule has 0 atom stereocenters. The van der Waals surface area contributed by atoms with Crippen LogP contribution >= 0.6 is 0 Å². The summed E-state index contributed by atoms with van der Waals surface area (Å²) < 4.78 is 5.12. The van der Waals surface area contributed by atoms with Crippen LogP contribution in [0.3, 0.4) is 0 Å². The second-order valence-electron chi connectivity index (χ2n) is 5.38. The fraction of sp³-hybridized carbons (Fsp3) is 0.312. The third-order valence-corrected chi connectivity index (χ3v) is 3.45. The molecule has 1 heterocycles. The lowest BCUT2D eigenvalue weighted by Gasteiger charge is -2.08. The average Bonchev–Trinajstić information content (AvgIpc) is 3.38. The number of rotatable bonds is 6. The first-order valence-electron chi connectivity index (χ1n) is 7.51. The zero-order valence-corrected chi connectivity index (χ0v) is 12.9. The van der Waals surface area contributed by atoms with Crippen LogP contribution in [0.1, 0.15) is 18.4 Å². The van der Waals surface area contributed by atoms with Gasteiger partial charge in [-0.15, -0.1) is 10.2 Å². The number of hydrogen-bond donors (Lipinski definition) is 3. The van der Waals surface area contributed by atoms with Crippen LogP contribution in [-0.2, 0) is 6.54 Å². The molecule has 0 radical (unpaired) electrons. The highest BCUT2D eigenvalue weighted by Gasteiger charge is 2.23. The normalized spacial score (nSPS) is 13.3. The van der Waals surface area contributed by atoms with E-state index in [0.29, 0.717) is 24.2 Å². The molecule has 1 aromatic carbocycles. The van der Waals surface area contributed by atoms with Crippen LogP contribution in [0.5, 0.6) is 5.75 Å². The number of carbonyl (C=O) groups is 1. The van der Waals surface area contributed by atoms with E-state index in [1.165, 1.54) is 0 Å². The molecule has 1 aliphatic carbocycles. The number of hydrogen-bond acceptors (Lipinski definition) is 5.